The Morgan fingerprint density at radius 1 is 1.42 bits per heavy atom. The number of methoxy groups -OCH3 is 1. The van der Waals surface area contributed by atoms with E-state index in [1.165, 1.54) is 7.11 Å². The SMILES string of the molecule is COc1nc(C(C)(C)C)c(Cl)o1. The fourth-order valence-corrected chi connectivity index (χ4v) is 1.22. The van der Waals surface area contributed by atoms with E-state index < -0.39 is 0 Å². The van der Waals surface area contributed by atoms with Crippen LogP contribution in [-0.2, 0) is 5.41 Å². The van der Waals surface area contributed by atoms with E-state index in [0.717, 1.165) is 5.69 Å². The molecule has 4 heteroatoms. The first kappa shape index (κ1) is 9.39. The van der Waals surface area contributed by atoms with Crippen molar-refractivity contribution in [1.82, 2.24) is 4.98 Å². The lowest BCUT2D eigenvalue weighted by molar-refractivity contribution is 0.290. The third kappa shape index (κ3) is 1.72. The number of halogens is 1. The number of ether oxygens (including phenoxy) is 1. The summed E-state index contributed by atoms with van der Waals surface area (Å²) in [6, 6.07) is 0. The lowest BCUT2D eigenvalue weighted by Gasteiger charge is -2.13. The molecule has 0 aliphatic carbocycles. The Hall–Kier alpha value is -0.700. The summed E-state index contributed by atoms with van der Waals surface area (Å²) in [6.07, 6.45) is 0.213. The van der Waals surface area contributed by atoms with Gasteiger partial charge in [0.15, 0.2) is 0 Å². The van der Waals surface area contributed by atoms with Gasteiger partial charge < -0.3 is 9.15 Å². The molecule has 68 valence electrons. The zero-order chi connectivity index (χ0) is 9.35. The van der Waals surface area contributed by atoms with Gasteiger partial charge in [0.25, 0.3) is 0 Å². The first-order valence-corrected chi connectivity index (χ1v) is 4.03. The summed E-state index contributed by atoms with van der Waals surface area (Å²) >= 11 is 5.80. The zero-order valence-electron chi connectivity index (χ0n) is 7.64. The molecule has 0 saturated heterocycles. The van der Waals surface area contributed by atoms with Crippen LogP contribution in [0.2, 0.25) is 5.22 Å². The van der Waals surface area contributed by atoms with Crippen molar-refractivity contribution in [3.8, 4) is 6.08 Å². The average molecular weight is 190 g/mol. The van der Waals surface area contributed by atoms with Crippen molar-refractivity contribution >= 4 is 11.6 Å². The number of hydrogen-bond donors (Lipinski definition) is 0. The van der Waals surface area contributed by atoms with E-state index in [0.29, 0.717) is 5.22 Å². The summed E-state index contributed by atoms with van der Waals surface area (Å²) in [5.74, 6) is 0. The van der Waals surface area contributed by atoms with Crippen LogP contribution < -0.4 is 4.74 Å². The maximum Gasteiger partial charge on any atom is 0.394 e. The summed E-state index contributed by atoms with van der Waals surface area (Å²) in [5, 5.41) is 0.305. The highest BCUT2D eigenvalue weighted by Gasteiger charge is 2.24. The van der Waals surface area contributed by atoms with E-state index in [9.17, 15) is 0 Å². The molecule has 0 bridgehead atoms. The minimum Gasteiger partial charge on any atom is -0.453 e. The lowest BCUT2D eigenvalue weighted by Crippen LogP contribution is -2.12. The molecule has 1 aromatic heterocycles. The molecule has 1 aromatic rings. The second-order valence-electron chi connectivity index (χ2n) is 3.56. The first-order chi connectivity index (χ1) is 5.45. The second kappa shape index (κ2) is 2.98. The van der Waals surface area contributed by atoms with Crippen LogP contribution in [-0.4, -0.2) is 12.1 Å². The van der Waals surface area contributed by atoms with Gasteiger partial charge in [-0.25, -0.2) is 0 Å². The van der Waals surface area contributed by atoms with Crippen LogP contribution in [0.4, 0.5) is 0 Å². The van der Waals surface area contributed by atoms with Crippen LogP contribution in [0.25, 0.3) is 0 Å². The fourth-order valence-electron chi connectivity index (χ4n) is 0.833. The van der Waals surface area contributed by atoms with E-state index in [1.54, 1.807) is 0 Å². The highest BCUT2D eigenvalue weighted by atomic mass is 35.5. The Morgan fingerprint density at radius 3 is 2.25 bits per heavy atom. The number of nitrogens with zero attached hydrogens (tertiary/aromatic N) is 1. The third-order valence-corrected chi connectivity index (χ3v) is 1.71. The molecule has 1 rings (SSSR count). The van der Waals surface area contributed by atoms with Gasteiger partial charge in [-0.05, 0) is 11.6 Å². The molecule has 0 atom stereocenters. The smallest absolute Gasteiger partial charge is 0.394 e. The predicted molar refractivity (Wildman–Crippen MR) is 46.8 cm³/mol. The molecule has 1 heterocycles. The van der Waals surface area contributed by atoms with Gasteiger partial charge in [-0.1, -0.05) is 20.8 Å². The maximum atomic E-state index is 5.80. The molecule has 0 radical (unpaired) electrons. The van der Waals surface area contributed by atoms with Crippen molar-refractivity contribution in [1.29, 1.82) is 0 Å². The predicted octanol–water partition coefficient (Wildman–Crippen LogP) is 2.63. The molecule has 0 amide bonds. The molecule has 0 spiro atoms. The standard InChI is InChI=1S/C8H12ClNO2/c1-8(2,3)5-6(9)12-7(10-5)11-4/h1-4H3. The number of oxazole rings is 1. The number of hydrogen-bond acceptors (Lipinski definition) is 3. The Balaban J connectivity index is 3.08. The Morgan fingerprint density at radius 2 is 2.00 bits per heavy atom. The average Bonchev–Trinajstić information content (AvgIpc) is 2.29. The van der Waals surface area contributed by atoms with E-state index in [1.807, 2.05) is 20.8 Å². The molecule has 0 fully saturated rings. The largest absolute Gasteiger partial charge is 0.453 e. The van der Waals surface area contributed by atoms with Crippen molar-refractivity contribution in [2.45, 2.75) is 26.2 Å². The van der Waals surface area contributed by atoms with Gasteiger partial charge in [-0.3, -0.25) is 0 Å². The van der Waals surface area contributed by atoms with Crippen LogP contribution in [0.1, 0.15) is 26.5 Å². The minimum absolute atomic E-state index is 0.114. The first-order valence-electron chi connectivity index (χ1n) is 3.66. The van der Waals surface area contributed by atoms with Gasteiger partial charge in [0, 0.05) is 5.41 Å². The Bertz CT molecular complexity index is 275. The zero-order valence-corrected chi connectivity index (χ0v) is 8.40. The Kier molecular flexibility index (Phi) is 2.33. The van der Waals surface area contributed by atoms with Crippen LogP contribution in [0, 0.1) is 0 Å². The molecule has 3 nitrogen and oxygen atoms in total. The van der Waals surface area contributed by atoms with Gasteiger partial charge in [0.05, 0.1) is 7.11 Å². The Labute approximate surface area is 76.7 Å². The lowest BCUT2D eigenvalue weighted by atomic mass is 9.93. The van der Waals surface area contributed by atoms with Crippen LogP contribution >= 0.6 is 11.6 Å². The van der Waals surface area contributed by atoms with Gasteiger partial charge in [0.2, 0.25) is 5.22 Å². The molecule has 0 aromatic carbocycles. The fraction of sp³-hybridized carbons (Fsp3) is 0.625. The van der Waals surface area contributed by atoms with Gasteiger partial charge >= 0.3 is 6.08 Å². The van der Waals surface area contributed by atoms with E-state index in [4.69, 9.17) is 20.8 Å². The molecule has 0 aliphatic rings. The van der Waals surface area contributed by atoms with E-state index >= 15 is 0 Å². The summed E-state index contributed by atoms with van der Waals surface area (Å²) in [6.45, 7) is 6.03. The summed E-state index contributed by atoms with van der Waals surface area (Å²) < 4.78 is 9.83. The van der Waals surface area contributed by atoms with Crippen LogP contribution in [0.15, 0.2) is 4.42 Å². The third-order valence-electron chi connectivity index (χ3n) is 1.45. The van der Waals surface area contributed by atoms with Crippen molar-refractivity contribution < 1.29 is 9.15 Å². The van der Waals surface area contributed by atoms with Gasteiger partial charge in [0.1, 0.15) is 5.69 Å². The second-order valence-corrected chi connectivity index (χ2v) is 3.90. The molecular formula is C8H12ClNO2. The van der Waals surface area contributed by atoms with E-state index in [-0.39, 0.29) is 11.5 Å². The monoisotopic (exact) mass is 189 g/mol. The normalized spacial score (nSPS) is 11.8. The number of aromatic nitrogens is 1. The summed E-state index contributed by atoms with van der Waals surface area (Å²) in [4.78, 5) is 4.08. The molecule has 0 saturated carbocycles. The van der Waals surface area contributed by atoms with Crippen molar-refractivity contribution in [2.75, 3.05) is 7.11 Å². The van der Waals surface area contributed by atoms with Gasteiger partial charge in [-0.15, -0.1) is 0 Å². The maximum absolute atomic E-state index is 5.80. The van der Waals surface area contributed by atoms with E-state index in [2.05, 4.69) is 4.98 Å². The molecular weight excluding hydrogens is 178 g/mol. The topological polar surface area (TPSA) is 35.3 Å². The molecule has 0 N–H and O–H groups in total. The highest BCUT2D eigenvalue weighted by molar-refractivity contribution is 6.29. The quantitative estimate of drug-likeness (QED) is 0.681. The van der Waals surface area contributed by atoms with Gasteiger partial charge in [-0.2, -0.15) is 4.98 Å². The highest BCUT2D eigenvalue weighted by Crippen LogP contribution is 2.31. The van der Waals surface area contributed by atoms with Crippen molar-refractivity contribution in [3.63, 3.8) is 0 Å². The number of rotatable bonds is 1. The molecule has 0 aliphatic heterocycles. The van der Waals surface area contributed by atoms with Crippen LogP contribution in [0.5, 0.6) is 6.08 Å². The van der Waals surface area contributed by atoms with Crippen molar-refractivity contribution in [2.24, 2.45) is 0 Å². The minimum atomic E-state index is -0.114. The van der Waals surface area contributed by atoms with Crippen molar-refractivity contribution in [3.05, 3.63) is 10.9 Å². The molecule has 0 unspecified atom stereocenters. The summed E-state index contributed by atoms with van der Waals surface area (Å²) in [5.41, 5.74) is 0.609. The summed E-state index contributed by atoms with van der Waals surface area (Å²) in [7, 11) is 1.49. The molecule has 12 heavy (non-hydrogen) atoms. The van der Waals surface area contributed by atoms with Crippen LogP contribution in [0.3, 0.4) is 0 Å².